The number of hydrogen-bond donors (Lipinski definition) is 0. The Morgan fingerprint density at radius 3 is 2.10 bits per heavy atom. The number of allylic oxidation sites excluding steroid dienone is 4. The second-order valence-corrected chi connectivity index (χ2v) is 15.7. The first kappa shape index (κ1) is 32.8. The Kier molecular flexibility index (Phi) is 7.39. The first-order valence-corrected chi connectivity index (χ1v) is 20.3. The molecule has 1 unspecified atom stereocenters. The van der Waals surface area contributed by atoms with Gasteiger partial charge in [0.15, 0.2) is 0 Å². The van der Waals surface area contributed by atoms with Gasteiger partial charge in [0, 0.05) is 39.4 Å². The van der Waals surface area contributed by atoms with E-state index in [1.54, 1.807) is 0 Å². The molecule has 0 N–H and O–H groups in total. The lowest BCUT2D eigenvalue weighted by atomic mass is 9.78. The molecule has 58 heavy (non-hydrogen) atoms. The molecule has 2 nitrogen and oxygen atoms in total. The van der Waals surface area contributed by atoms with Crippen LogP contribution in [0, 0.1) is 0 Å². The molecule has 0 radical (unpaired) electrons. The summed E-state index contributed by atoms with van der Waals surface area (Å²) in [6, 6.07) is 69.2. The zero-order chi connectivity index (χ0) is 38.2. The molecule has 2 aliphatic rings. The van der Waals surface area contributed by atoms with Gasteiger partial charge in [0.25, 0.3) is 0 Å². The Labute approximate surface area is 337 Å². The Bertz CT molecular complexity index is 3380. The van der Waals surface area contributed by atoms with Gasteiger partial charge in [-0.25, -0.2) is 0 Å². The number of para-hydroxylation sites is 2. The van der Waals surface area contributed by atoms with Crippen molar-refractivity contribution in [3.63, 3.8) is 0 Å². The average Bonchev–Trinajstić information content (AvgIpc) is 3.62. The first-order chi connectivity index (χ1) is 28.8. The van der Waals surface area contributed by atoms with E-state index < -0.39 is 0 Å². The molecule has 0 aliphatic heterocycles. The molecule has 272 valence electrons. The molecule has 10 aromatic rings. The first-order valence-electron chi connectivity index (χ1n) is 20.3. The molecule has 0 saturated heterocycles. The third-order valence-corrected chi connectivity index (χ3v) is 12.4. The smallest absolute Gasteiger partial charge is 0.0553 e. The van der Waals surface area contributed by atoms with Gasteiger partial charge < -0.3 is 9.47 Å². The highest BCUT2D eigenvalue weighted by Gasteiger charge is 2.27. The minimum Gasteiger partial charge on any atom is -0.311 e. The molecule has 1 heterocycles. The summed E-state index contributed by atoms with van der Waals surface area (Å²) >= 11 is 0. The van der Waals surface area contributed by atoms with E-state index in [0.29, 0.717) is 5.92 Å². The Morgan fingerprint density at radius 1 is 0.483 bits per heavy atom. The summed E-state index contributed by atoms with van der Waals surface area (Å²) in [5.74, 6) is 0.354. The molecular formula is C56H38N2. The van der Waals surface area contributed by atoms with E-state index in [9.17, 15) is 0 Å². The fourth-order valence-corrected chi connectivity index (χ4v) is 9.83. The highest BCUT2D eigenvalue weighted by molar-refractivity contribution is 6.23. The zero-order valence-electron chi connectivity index (χ0n) is 31.9. The Balaban J connectivity index is 1.09. The van der Waals surface area contributed by atoms with Crippen LogP contribution in [0.2, 0.25) is 0 Å². The minimum absolute atomic E-state index is 0.354. The van der Waals surface area contributed by atoms with Gasteiger partial charge in [-0.1, -0.05) is 158 Å². The van der Waals surface area contributed by atoms with E-state index in [-0.39, 0.29) is 0 Å². The fourth-order valence-electron chi connectivity index (χ4n) is 9.83. The molecule has 0 saturated carbocycles. The van der Waals surface area contributed by atoms with Crippen LogP contribution in [0.25, 0.3) is 77.0 Å². The van der Waals surface area contributed by atoms with Crippen LogP contribution in [-0.2, 0) is 0 Å². The zero-order valence-corrected chi connectivity index (χ0v) is 31.9. The largest absolute Gasteiger partial charge is 0.311 e. The maximum Gasteiger partial charge on any atom is 0.0553 e. The second-order valence-electron chi connectivity index (χ2n) is 15.7. The minimum atomic E-state index is 0.354. The maximum atomic E-state index is 2.48. The summed E-state index contributed by atoms with van der Waals surface area (Å²) in [5.41, 5.74) is 13.6. The van der Waals surface area contributed by atoms with Gasteiger partial charge in [0.1, 0.15) is 0 Å². The molecular weight excluding hydrogens is 701 g/mol. The number of hydrogen-bond acceptors (Lipinski definition) is 1. The molecule has 1 aromatic heterocycles. The van der Waals surface area contributed by atoms with Gasteiger partial charge >= 0.3 is 0 Å². The van der Waals surface area contributed by atoms with Crippen molar-refractivity contribution in [1.29, 1.82) is 0 Å². The van der Waals surface area contributed by atoms with Crippen LogP contribution in [0.3, 0.4) is 0 Å². The highest BCUT2D eigenvalue weighted by Crippen LogP contribution is 2.46. The number of aromatic nitrogens is 1. The maximum absolute atomic E-state index is 2.48. The SMILES string of the molecule is C1=Cc2ccccc2C2CC=C(N(c3cccc(-c4c5ccccc5cc5c4c4ccccc4n5-c4ccccc4)c3)c3ccc4c(ccc5ccccc54)c3)C=C12. The molecule has 2 aliphatic carbocycles. The molecule has 9 aromatic carbocycles. The number of fused-ring (bicyclic) bond motifs is 10. The van der Waals surface area contributed by atoms with Crippen LogP contribution < -0.4 is 4.90 Å². The lowest BCUT2D eigenvalue weighted by Gasteiger charge is -2.33. The van der Waals surface area contributed by atoms with Crippen LogP contribution in [0.15, 0.2) is 218 Å². The number of nitrogens with zero attached hydrogens (tertiary/aromatic N) is 2. The molecule has 0 bridgehead atoms. The van der Waals surface area contributed by atoms with Gasteiger partial charge in [-0.3, -0.25) is 0 Å². The van der Waals surface area contributed by atoms with Crippen LogP contribution in [0.1, 0.15) is 23.5 Å². The second kappa shape index (κ2) is 13.1. The molecule has 0 amide bonds. The summed E-state index contributed by atoms with van der Waals surface area (Å²) in [7, 11) is 0. The summed E-state index contributed by atoms with van der Waals surface area (Å²) in [5, 5.41) is 10.0. The van der Waals surface area contributed by atoms with Gasteiger partial charge in [-0.05, 0) is 121 Å². The van der Waals surface area contributed by atoms with E-state index in [2.05, 4.69) is 222 Å². The Morgan fingerprint density at radius 2 is 1.19 bits per heavy atom. The quantitative estimate of drug-likeness (QED) is 0.160. The number of rotatable bonds is 5. The van der Waals surface area contributed by atoms with Crippen LogP contribution in [0.5, 0.6) is 0 Å². The van der Waals surface area contributed by atoms with Gasteiger partial charge in [0.05, 0.1) is 11.0 Å². The topological polar surface area (TPSA) is 8.17 Å². The summed E-state index contributed by atoms with van der Waals surface area (Å²) in [4.78, 5) is 2.48. The molecule has 12 rings (SSSR count). The van der Waals surface area contributed by atoms with Crippen molar-refractivity contribution in [2.75, 3.05) is 4.90 Å². The lowest BCUT2D eigenvalue weighted by Crippen LogP contribution is -2.19. The van der Waals surface area contributed by atoms with E-state index in [0.717, 1.165) is 23.5 Å². The third-order valence-electron chi connectivity index (χ3n) is 12.4. The average molecular weight is 739 g/mol. The van der Waals surface area contributed by atoms with Crippen molar-refractivity contribution < 1.29 is 0 Å². The van der Waals surface area contributed by atoms with Crippen molar-refractivity contribution in [3.05, 3.63) is 229 Å². The van der Waals surface area contributed by atoms with E-state index in [4.69, 9.17) is 0 Å². The van der Waals surface area contributed by atoms with Crippen LogP contribution >= 0.6 is 0 Å². The van der Waals surface area contributed by atoms with Crippen molar-refractivity contribution in [2.45, 2.75) is 12.3 Å². The predicted octanol–water partition coefficient (Wildman–Crippen LogP) is 15.1. The fraction of sp³-hybridized carbons (Fsp3) is 0.0357. The Hall–Kier alpha value is -7.42. The number of benzene rings is 9. The summed E-state index contributed by atoms with van der Waals surface area (Å²) in [6.45, 7) is 0. The highest BCUT2D eigenvalue weighted by atomic mass is 15.1. The normalized spacial score (nSPS) is 14.8. The van der Waals surface area contributed by atoms with Crippen LogP contribution in [0.4, 0.5) is 11.4 Å². The molecule has 0 spiro atoms. The third kappa shape index (κ3) is 5.12. The van der Waals surface area contributed by atoms with E-state index >= 15 is 0 Å². The predicted molar refractivity (Wildman–Crippen MR) is 246 cm³/mol. The van der Waals surface area contributed by atoms with Crippen LogP contribution in [-0.4, -0.2) is 4.57 Å². The molecule has 2 heteroatoms. The van der Waals surface area contributed by atoms with E-state index in [1.807, 2.05) is 0 Å². The molecule has 0 fully saturated rings. The van der Waals surface area contributed by atoms with Crippen molar-refractivity contribution in [1.82, 2.24) is 4.57 Å². The standard InChI is InChI=1S/C56H38N2/c1-2-17-43(18-3-1)58-53-24-11-10-23-52(53)56-54(58)36-39-15-6-9-22-51(39)55(56)42-16-12-19-44(35-42)57(45-29-31-49-40(33-45)27-25-37-13-4-7-20-47(37)49)46-30-32-50-41(34-46)28-26-38-14-5-8-21-48(38)50/h1-31,33-36,50H,32H2. The van der Waals surface area contributed by atoms with Crippen molar-refractivity contribution in [3.8, 4) is 16.8 Å². The molecule has 1 atom stereocenters. The van der Waals surface area contributed by atoms with Crippen molar-refractivity contribution >= 4 is 71.6 Å². The summed E-state index contributed by atoms with van der Waals surface area (Å²) in [6.07, 6.45) is 10.4. The van der Waals surface area contributed by atoms with Gasteiger partial charge in [-0.2, -0.15) is 0 Å². The van der Waals surface area contributed by atoms with E-state index in [1.165, 1.54) is 87.6 Å². The van der Waals surface area contributed by atoms with Gasteiger partial charge in [-0.15, -0.1) is 0 Å². The van der Waals surface area contributed by atoms with Gasteiger partial charge in [0.2, 0.25) is 0 Å². The number of anilines is 2. The summed E-state index contributed by atoms with van der Waals surface area (Å²) < 4.78 is 2.43. The van der Waals surface area contributed by atoms with Crippen molar-refractivity contribution in [2.24, 2.45) is 0 Å². The monoisotopic (exact) mass is 738 g/mol. The lowest BCUT2D eigenvalue weighted by molar-refractivity contribution is 0.798.